The van der Waals surface area contributed by atoms with Gasteiger partial charge in [0, 0.05) is 49.7 Å². The van der Waals surface area contributed by atoms with Gasteiger partial charge in [0.15, 0.2) is 0 Å². The summed E-state index contributed by atoms with van der Waals surface area (Å²) in [6.07, 6.45) is 11.8. The van der Waals surface area contributed by atoms with E-state index in [-0.39, 0.29) is 18.1 Å². The third-order valence-electron chi connectivity index (χ3n) is 4.55. The molecule has 1 aromatic heterocycles. The number of allylic oxidation sites excluding steroid dienone is 1. The molecule has 3 rings (SSSR count). The molecule has 1 aliphatic carbocycles. The zero-order valence-electron chi connectivity index (χ0n) is 13.7. The zero-order valence-corrected chi connectivity index (χ0v) is 13.7. The maximum Gasteiger partial charge on any atom is 0.315 e. The normalized spacial score (nSPS) is 27.1. The Labute approximate surface area is 141 Å². The number of rotatable bonds is 5. The first-order valence-corrected chi connectivity index (χ1v) is 8.54. The lowest BCUT2D eigenvalue weighted by atomic mass is 10.0. The molecule has 1 saturated heterocycles. The van der Waals surface area contributed by atoms with Crippen molar-refractivity contribution in [1.29, 1.82) is 0 Å². The standard InChI is InChI=1S/C17H24FN5O/c18-14-6-16(23(11-14)10-13-7-19-12-20-8-13)9-21-17(24)22-15-4-2-1-3-5-15/h2,4,7-8,12,14-16H,1,3,5-6,9-11H2,(H2,21,22,24)/t14-,15+,16-/m0/s1. The lowest BCUT2D eigenvalue weighted by molar-refractivity contribution is 0.217. The van der Waals surface area contributed by atoms with Crippen molar-refractivity contribution in [2.75, 3.05) is 13.1 Å². The third kappa shape index (κ3) is 4.74. The number of carbonyl (C=O) groups is 1. The average molecular weight is 333 g/mol. The summed E-state index contributed by atoms with van der Waals surface area (Å²) < 4.78 is 13.8. The number of nitrogens with zero attached hydrogens (tertiary/aromatic N) is 3. The fraction of sp³-hybridized carbons (Fsp3) is 0.588. The number of halogens is 1. The van der Waals surface area contributed by atoms with E-state index in [1.165, 1.54) is 6.33 Å². The molecule has 7 heteroatoms. The van der Waals surface area contributed by atoms with Crippen LogP contribution in [-0.2, 0) is 6.54 Å². The van der Waals surface area contributed by atoms with Crippen molar-refractivity contribution in [3.05, 3.63) is 36.4 Å². The quantitative estimate of drug-likeness (QED) is 0.806. The van der Waals surface area contributed by atoms with Crippen LogP contribution in [0.3, 0.4) is 0 Å². The molecule has 130 valence electrons. The molecule has 2 heterocycles. The fourth-order valence-corrected chi connectivity index (χ4v) is 3.34. The molecule has 0 radical (unpaired) electrons. The predicted molar refractivity (Wildman–Crippen MR) is 89.1 cm³/mol. The highest BCUT2D eigenvalue weighted by atomic mass is 19.1. The minimum absolute atomic E-state index is 0.00662. The van der Waals surface area contributed by atoms with Gasteiger partial charge in [0.1, 0.15) is 12.5 Å². The second kappa shape index (κ2) is 8.19. The van der Waals surface area contributed by atoms with E-state index in [1.54, 1.807) is 12.4 Å². The number of nitrogens with one attached hydrogen (secondary N) is 2. The van der Waals surface area contributed by atoms with E-state index in [0.29, 0.717) is 26.1 Å². The first-order valence-electron chi connectivity index (χ1n) is 8.54. The molecule has 1 aliphatic heterocycles. The number of carbonyl (C=O) groups excluding carboxylic acids is 1. The van der Waals surface area contributed by atoms with Crippen molar-refractivity contribution in [2.24, 2.45) is 0 Å². The summed E-state index contributed by atoms with van der Waals surface area (Å²) in [5.41, 5.74) is 0.952. The molecule has 0 bridgehead atoms. The molecule has 2 amide bonds. The Morgan fingerprint density at radius 3 is 2.96 bits per heavy atom. The Morgan fingerprint density at radius 2 is 2.21 bits per heavy atom. The summed E-state index contributed by atoms with van der Waals surface area (Å²) in [6, 6.07) is -0.0847. The van der Waals surface area contributed by atoms with Crippen molar-refractivity contribution in [3.8, 4) is 0 Å². The first kappa shape index (κ1) is 16.8. The van der Waals surface area contributed by atoms with Crippen LogP contribution in [-0.4, -0.2) is 52.2 Å². The van der Waals surface area contributed by atoms with Gasteiger partial charge in [-0.1, -0.05) is 12.2 Å². The van der Waals surface area contributed by atoms with Crippen molar-refractivity contribution in [3.63, 3.8) is 0 Å². The van der Waals surface area contributed by atoms with Gasteiger partial charge >= 0.3 is 6.03 Å². The molecule has 6 nitrogen and oxygen atoms in total. The summed E-state index contributed by atoms with van der Waals surface area (Å²) >= 11 is 0. The smallest absolute Gasteiger partial charge is 0.315 e. The largest absolute Gasteiger partial charge is 0.337 e. The molecule has 0 saturated carbocycles. The van der Waals surface area contributed by atoms with Crippen LogP contribution in [0.1, 0.15) is 31.2 Å². The van der Waals surface area contributed by atoms with E-state index >= 15 is 0 Å². The van der Waals surface area contributed by atoms with E-state index in [9.17, 15) is 9.18 Å². The van der Waals surface area contributed by atoms with Crippen molar-refractivity contribution in [1.82, 2.24) is 25.5 Å². The van der Waals surface area contributed by atoms with Crippen LogP contribution in [0, 0.1) is 0 Å². The highest BCUT2D eigenvalue weighted by Crippen LogP contribution is 2.22. The SMILES string of the molecule is O=C(NC[C@@H]1C[C@H](F)CN1Cc1cncnc1)N[C@@H]1C=CCCC1. The molecule has 0 unspecified atom stereocenters. The van der Waals surface area contributed by atoms with Gasteiger partial charge < -0.3 is 10.6 Å². The molecule has 1 aromatic rings. The van der Waals surface area contributed by atoms with Gasteiger partial charge in [0.25, 0.3) is 0 Å². The van der Waals surface area contributed by atoms with Gasteiger partial charge in [0.05, 0.1) is 0 Å². The van der Waals surface area contributed by atoms with E-state index < -0.39 is 6.17 Å². The Morgan fingerprint density at radius 1 is 1.38 bits per heavy atom. The van der Waals surface area contributed by atoms with Crippen LogP contribution in [0.4, 0.5) is 9.18 Å². The van der Waals surface area contributed by atoms with Crippen LogP contribution >= 0.6 is 0 Å². The van der Waals surface area contributed by atoms with Crippen LogP contribution in [0.25, 0.3) is 0 Å². The molecular formula is C17H24FN5O. The summed E-state index contributed by atoms with van der Waals surface area (Å²) in [4.78, 5) is 22.1. The second-order valence-corrected chi connectivity index (χ2v) is 6.48. The number of aromatic nitrogens is 2. The third-order valence-corrected chi connectivity index (χ3v) is 4.55. The molecule has 2 N–H and O–H groups in total. The van der Waals surface area contributed by atoms with Crippen molar-refractivity contribution >= 4 is 6.03 Å². The second-order valence-electron chi connectivity index (χ2n) is 6.48. The molecule has 3 atom stereocenters. The Kier molecular flexibility index (Phi) is 5.74. The highest BCUT2D eigenvalue weighted by Gasteiger charge is 2.32. The molecule has 24 heavy (non-hydrogen) atoms. The fourth-order valence-electron chi connectivity index (χ4n) is 3.34. The van der Waals surface area contributed by atoms with Gasteiger partial charge in [-0.05, 0) is 25.7 Å². The van der Waals surface area contributed by atoms with Gasteiger partial charge in [-0.15, -0.1) is 0 Å². The number of hydrogen-bond acceptors (Lipinski definition) is 4. The molecule has 0 spiro atoms. The number of amides is 2. The van der Waals surface area contributed by atoms with Crippen LogP contribution in [0.2, 0.25) is 0 Å². The molecular weight excluding hydrogens is 309 g/mol. The van der Waals surface area contributed by atoms with Crippen LogP contribution in [0.15, 0.2) is 30.9 Å². The topological polar surface area (TPSA) is 70.2 Å². The van der Waals surface area contributed by atoms with Gasteiger partial charge in [0.2, 0.25) is 0 Å². The number of urea groups is 1. The molecule has 0 aromatic carbocycles. The number of likely N-dealkylation sites (tertiary alicyclic amines) is 1. The van der Waals surface area contributed by atoms with E-state index in [4.69, 9.17) is 0 Å². The number of alkyl halides is 1. The van der Waals surface area contributed by atoms with E-state index in [0.717, 1.165) is 24.8 Å². The summed E-state index contributed by atoms with van der Waals surface area (Å²) in [5, 5.41) is 5.83. The van der Waals surface area contributed by atoms with E-state index in [2.05, 4.69) is 26.7 Å². The Hall–Kier alpha value is -2.02. The lowest BCUT2D eigenvalue weighted by Crippen LogP contribution is -2.46. The van der Waals surface area contributed by atoms with Crippen LogP contribution < -0.4 is 10.6 Å². The predicted octanol–water partition coefficient (Wildman–Crippen LogP) is 1.80. The van der Waals surface area contributed by atoms with Crippen molar-refractivity contribution in [2.45, 2.75) is 50.5 Å². The lowest BCUT2D eigenvalue weighted by Gasteiger charge is -2.25. The zero-order chi connectivity index (χ0) is 16.8. The molecule has 2 aliphatic rings. The molecule has 1 fully saturated rings. The average Bonchev–Trinajstić information content (AvgIpc) is 2.94. The monoisotopic (exact) mass is 333 g/mol. The Bertz CT molecular complexity index is 567. The Balaban J connectivity index is 1.48. The van der Waals surface area contributed by atoms with Gasteiger partial charge in [-0.25, -0.2) is 19.2 Å². The summed E-state index contributed by atoms with van der Waals surface area (Å²) in [6.45, 7) is 1.42. The van der Waals surface area contributed by atoms with Gasteiger partial charge in [-0.2, -0.15) is 0 Å². The highest BCUT2D eigenvalue weighted by molar-refractivity contribution is 5.74. The number of hydrogen-bond donors (Lipinski definition) is 2. The van der Waals surface area contributed by atoms with Crippen molar-refractivity contribution < 1.29 is 9.18 Å². The maximum absolute atomic E-state index is 13.8. The van der Waals surface area contributed by atoms with Crippen LogP contribution in [0.5, 0.6) is 0 Å². The minimum atomic E-state index is -0.856. The van der Waals surface area contributed by atoms with Gasteiger partial charge in [-0.3, -0.25) is 4.90 Å². The summed E-state index contributed by atoms with van der Waals surface area (Å²) in [5.74, 6) is 0. The minimum Gasteiger partial charge on any atom is -0.337 e. The summed E-state index contributed by atoms with van der Waals surface area (Å²) in [7, 11) is 0. The van der Waals surface area contributed by atoms with E-state index in [1.807, 2.05) is 11.0 Å². The maximum atomic E-state index is 13.8. The first-order chi connectivity index (χ1) is 11.7.